The molecular formula is C27H31ClO4S. The topological polar surface area (TPSA) is 47.9 Å². The number of benzene rings is 2. The molecule has 0 spiro atoms. The molecule has 0 radical (unpaired) electrons. The molecule has 1 aliphatic heterocycles. The van der Waals surface area contributed by atoms with Gasteiger partial charge in [0.2, 0.25) is 0 Å². The maximum atomic E-state index is 9.68. The molecule has 0 amide bonds. The van der Waals surface area contributed by atoms with Crippen molar-refractivity contribution in [2.45, 2.75) is 64.5 Å². The van der Waals surface area contributed by atoms with Crippen LogP contribution in [0, 0.1) is 5.92 Å². The first-order valence-corrected chi connectivity index (χ1v) is 12.7. The molecule has 0 aliphatic carbocycles. The van der Waals surface area contributed by atoms with E-state index < -0.39 is 0 Å². The van der Waals surface area contributed by atoms with Crippen LogP contribution < -0.4 is 0 Å². The van der Waals surface area contributed by atoms with Crippen molar-refractivity contribution in [1.29, 1.82) is 0 Å². The molecule has 5 atom stereocenters. The second kappa shape index (κ2) is 11.6. The lowest BCUT2D eigenvalue weighted by Gasteiger charge is -2.45. The highest BCUT2D eigenvalue weighted by Crippen LogP contribution is 2.44. The van der Waals surface area contributed by atoms with Gasteiger partial charge in [0.15, 0.2) is 0 Å². The fraction of sp³-hybridized carbons (Fsp3) is 0.407. The fourth-order valence-corrected chi connectivity index (χ4v) is 5.76. The van der Waals surface area contributed by atoms with Crippen molar-refractivity contribution in [3.05, 3.63) is 92.6 Å². The van der Waals surface area contributed by atoms with E-state index in [4.69, 9.17) is 25.8 Å². The Morgan fingerprint density at radius 1 is 0.939 bits per heavy atom. The second-order valence-electron chi connectivity index (χ2n) is 8.49. The molecule has 1 N–H and O–H groups in total. The van der Waals surface area contributed by atoms with Gasteiger partial charge in [-0.15, -0.1) is 11.3 Å². The molecule has 1 unspecified atom stereocenters. The van der Waals surface area contributed by atoms with Crippen LogP contribution in [0.15, 0.2) is 66.7 Å². The van der Waals surface area contributed by atoms with Gasteiger partial charge in [0.05, 0.1) is 36.4 Å². The van der Waals surface area contributed by atoms with E-state index in [0.29, 0.717) is 17.6 Å². The van der Waals surface area contributed by atoms with Crippen LogP contribution in [0.1, 0.15) is 47.9 Å². The Hall–Kier alpha value is -1.73. The van der Waals surface area contributed by atoms with E-state index in [1.54, 1.807) is 0 Å². The molecule has 33 heavy (non-hydrogen) atoms. The quantitative estimate of drug-likeness (QED) is 0.372. The molecule has 176 valence electrons. The number of hydrogen-bond donors (Lipinski definition) is 1. The number of halogens is 1. The Balaban J connectivity index is 1.63. The van der Waals surface area contributed by atoms with Gasteiger partial charge in [-0.05, 0) is 23.6 Å². The molecule has 4 nitrogen and oxygen atoms in total. The maximum absolute atomic E-state index is 9.68. The number of aliphatic hydroxyl groups excluding tert-OH is 1. The summed E-state index contributed by atoms with van der Waals surface area (Å²) in [6, 6.07) is 22.3. The van der Waals surface area contributed by atoms with Gasteiger partial charge < -0.3 is 19.3 Å². The number of rotatable bonds is 9. The summed E-state index contributed by atoms with van der Waals surface area (Å²) < 4.78 is 20.3. The Labute approximate surface area is 205 Å². The van der Waals surface area contributed by atoms with Crippen LogP contribution in [0.5, 0.6) is 0 Å². The maximum Gasteiger partial charge on any atom is 0.121 e. The first kappa shape index (κ1) is 24.4. The summed E-state index contributed by atoms with van der Waals surface area (Å²) in [4.78, 5) is 0.959. The average Bonchev–Trinajstić information content (AvgIpc) is 3.23. The van der Waals surface area contributed by atoms with Crippen LogP contribution in [0.25, 0.3) is 0 Å². The normalized spacial score (nSPS) is 25.3. The zero-order valence-electron chi connectivity index (χ0n) is 19.0. The molecule has 1 aromatic heterocycles. The summed E-state index contributed by atoms with van der Waals surface area (Å²) in [5, 5.41) is 9.68. The van der Waals surface area contributed by atoms with Gasteiger partial charge in [-0.1, -0.05) is 86.1 Å². The fourth-order valence-electron chi connectivity index (χ4n) is 4.41. The van der Waals surface area contributed by atoms with Crippen LogP contribution in [0.2, 0.25) is 4.34 Å². The van der Waals surface area contributed by atoms with Gasteiger partial charge >= 0.3 is 0 Å². The third-order valence-electron chi connectivity index (χ3n) is 6.25. The minimum Gasteiger partial charge on any atom is -0.392 e. The SMILES string of the molecule is CC[C@H]1OC(c2cc(CO)c(Cl)s2)[C@H](OCc2ccccc2)[C@@H](OCc2ccccc2)[C@@H]1C. The third kappa shape index (κ3) is 5.86. The highest BCUT2D eigenvalue weighted by Gasteiger charge is 2.46. The van der Waals surface area contributed by atoms with E-state index in [1.807, 2.05) is 42.5 Å². The van der Waals surface area contributed by atoms with Crippen molar-refractivity contribution in [3.63, 3.8) is 0 Å². The van der Waals surface area contributed by atoms with Gasteiger partial charge in [-0.3, -0.25) is 0 Å². The van der Waals surface area contributed by atoms with Gasteiger partial charge in [-0.2, -0.15) is 0 Å². The van der Waals surface area contributed by atoms with Crippen molar-refractivity contribution in [1.82, 2.24) is 0 Å². The molecular weight excluding hydrogens is 456 g/mol. The van der Waals surface area contributed by atoms with Crippen LogP contribution >= 0.6 is 22.9 Å². The molecule has 1 saturated heterocycles. The summed E-state index contributed by atoms with van der Waals surface area (Å²) in [7, 11) is 0. The van der Waals surface area contributed by atoms with Crippen molar-refractivity contribution >= 4 is 22.9 Å². The number of hydrogen-bond acceptors (Lipinski definition) is 5. The first-order valence-electron chi connectivity index (χ1n) is 11.5. The largest absolute Gasteiger partial charge is 0.392 e. The Bertz CT molecular complexity index is 994. The highest BCUT2D eigenvalue weighted by atomic mass is 35.5. The molecule has 0 saturated carbocycles. The van der Waals surface area contributed by atoms with Gasteiger partial charge in [0.25, 0.3) is 0 Å². The number of thiophene rings is 1. The van der Waals surface area contributed by atoms with Crippen molar-refractivity contribution in [2.75, 3.05) is 0 Å². The molecule has 2 heterocycles. The lowest BCUT2D eigenvalue weighted by molar-refractivity contribution is -0.234. The van der Waals surface area contributed by atoms with Crippen LogP contribution in [0.3, 0.4) is 0 Å². The lowest BCUT2D eigenvalue weighted by Crippen LogP contribution is -2.51. The molecule has 4 rings (SSSR count). The Kier molecular flexibility index (Phi) is 8.58. The van der Waals surface area contributed by atoms with Gasteiger partial charge in [-0.25, -0.2) is 0 Å². The van der Waals surface area contributed by atoms with E-state index in [-0.39, 0.29) is 36.9 Å². The smallest absolute Gasteiger partial charge is 0.121 e. The lowest BCUT2D eigenvalue weighted by atomic mass is 9.86. The highest BCUT2D eigenvalue weighted by molar-refractivity contribution is 7.16. The van der Waals surface area contributed by atoms with Crippen LogP contribution in [0.4, 0.5) is 0 Å². The summed E-state index contributed by atoms with van der Waals surface area (Å²) >= 11 is 7.84. The van der Waals surface area contributed by atoms with Crippen molar-refractivity contribution in [2.24, 2.45) is 5.92 Å². The van der Waals surface area contributed by atoms with E-state index in [9.17, 15) is 5.11 Å². The number of ether oxygens (including phenoxy) is 3. The van der Waals surface area contributed by atoms with E-state index in [2.05, 4.69) is 38.1 Å². The number of aliphatic hydroxyl groups is 1. The van der Waals surface area contributed by atoms with Crippen molar-refractivity contribution < 1.29 is 19.3 Å². The van der Waals surface area contributed by atoms with E-state index in [1.165, 1.54) is 11.3 Å². The zero-order valence-corrected chi connectivity index (χ0v) is 20.6. The standard InChI is InChI=1S/C27H31ClO4S/c1-3-22-18(2)24(30-16-19-10-6-4-7-11-19)26(31-17-20-12-8-5-9-13-20)25(32-22)23-14-21(15-29)27(28)33-23/h4-14,18,22,24-26,29H,3,15-17H2,1-2H3/t18-,22-,24+,25?,26-/m1/s1. The minimum atomic E-state index is -0.321. The average molecular weight is 487 g/mol. The van der Waals surface area contributed by atoms with Crippen LogP contribution in [-0.4, -0.2) is 23.4 Å². The predicted octanol–water partition coefficient (Wildman–Crippen LogP) is 6.55. The molecule has 1 aliphatic rings. The monoisotopic (exact) mass is 486 g/mol. The summed E-state index contributed by atoms with van der Waals surface area (Å²) in [6.45, 7) is 5.19. The van der Waals surface area contributed by atoms with Crippen LogP contribution in [-0.2, 0) is 34.0 Å². The minimum absolute atomic E-state index is 0.0331. The van der Waals surface area contributed by atoms with Gasteiger partial charge in [0.1, 0.15) is 12.2 Å². The second-order valence-corrected chi connectivity index (χ2v) is 10.2. The molecule has 3 aromatic rings. The van der Waals surface area contributed by atoms with Gasteiger partial charge in [0, 0.05) is 16.4 Å². The first-order chi connectivity index (χ1) is 16.1. The zero-order chi connectivity index (χ0) is 23.2. The summed E-state index contributed by atoms with van der Waals surface area (Å²) in [5.74, 6) is 0.156. The Morgan fingerprint density at radius 2 is 1.52 bits per heavy atom. The van der Waals surface area contributed by atoms with Crippen molar-refractivity contribution in [3.8, 4) is 0 Å². The third-order valence-corrected chi connectivity index (χ3v) is 7.75. The predicted molar refractivity (Wildman–Crippen MR) is 132 cm³/mol. The molecule has 2 aromatic carbocycles. The van der Waals surface area contributed by atoms with E-state index >= 15 is 0 Å². The summed E-state index contributed by atoms with van der Waals surface area (Å²) in [6.07, 6.45) is 0.119. The molecule has 0 bridgehead atoms. The molecule has 6 heteroatoms. The van der Waals surface area contributed by atoms with E-state index in [0.717, 1.165) is 28.0 Å². The molecule has 1 fully saturated rings. The Morgan fingerprint density at radius 3 is 2.03 bits per heavy atom. The summed E-state index contributed by atoms with van der Waals surface area (Å²) in [5.41, 5.74) is 2.95.